The minimum absolute atomic E-state index is 0.441. The minimum Gasteiger partial charge on any atom is -0.364 e. The van der Waals surface area contributed by atoms with Crippen LogP contribution in [0.5, 0.6) is 0 Å². The number of nitrogens with one attached hydrogen (secondary N) is 4. The third-order valence-electron chi connectivity index (χ3n) is 1.11. The van der Waals surface area contributed by atoms with Gasteiger partial charge >= 0.3 is 0 Å². The van der Waals surface area contributed by atoms with E-state index in [-0.39, 0.29) is 0 Å². The highest BCUT2D eigenvalue weighted by molar-refractivity contribution is 7.80. The van der Waals surface area contributed by atoms with Gasteiger partial charge in [0, 0.05) is 13.6 Å². The van der Waals surface area contributed by atoms with Crippen LogP contribution in [0.2, 0.25) is 0 Å². The van der Waals surface area contributed by atoms with Crippen molar-refractivity contribution in [1.82, 2.24) is 21.5 Å². The second-order valence-corrected chi connectivity index (χ2v) is 3.04. The highest BCUT2D eigenvalue weighted by Crippen LogP contribution is 1.65. The van der Waals surface area contributed by atoms with Crippen molar-refractivity contribution in [3.8, 4) is 0 Å². The fourth-order valence-corrected chi connectivity index (χ4v) is 0.764. The van der Waals surface area contributed by atoms with Crippen LogP contribution < -0.4 is 21.5 Å². The predicted octanol–water partition coefficient (Wildman–Crippen LogP) is -0.464. The number of thiocarbonyl (C=S) groups is 2. The molecule has 15 heavy (non-hydrogen) atoms. The molecule has 0 aromatic carbocycles. The van der Waals surface area contributed by atoms with Crippen LogP contribution in [0.15, 0.2) is 10.2 Å². The summed E-state index contributed by atoms with van der Waals surface area (Å²) >= 11 is 9.65. The van der Waals surface area contributed by atoms with Crippen LogP contribution in [0.1, 0.15) is 6.92 Å². The summed E-state index contributed by atoms with van der Waals surface area (Å²) in [6.07, 6.45) is 2.90. The Morgan fingerprint density at radius 1 is 1.13 bits per heavy atom. The molecule has 0 spiro atoms. The summed E-state index contributed by atoms with van der Waals surface area (Å²) in [7, 11) is 1.70. The molecule has 0 unspecified atom stereocenters. The average Bonchev–Trinajstić information content (AvgIpc) is 2.23. The van der Waals surface area contributed by atoms with Crippen molar-refractivity contribution < 1.29 is 0 Å². The fourth-order valence-electron chi connectivity index (χ4n) is 0.514. The van der Waals surface area contributed by atoms with Crippen LogP contribution in [-0.2, 0) is 0 Å². The lowest BCUT2D eigenvalue weighted by Gasteiger charge is -2.01. The molecule has 0 radical (unpaired) electrons. The molecule has 0 aromatic heterocycles. The van der Waals surface area contributed by atoms with E-state index in [1.807, 2.05) is 6.92 Å². The molecule has 0 aliphatic heterocycles. The van der Waals surface area contributed by atoms with Gasteiger partial charge in [0.1, 0.15) is 0 Å². The van der Waals surface area contributed by atoms with Crippen molar-refractivity contribution in [3.05, 3.63) is 0 Å². The van der Waals surface area contributed by atoms with Crippen LogP contribution in [0.3, 0.4) is 0 Å². The molecule has 0 bridgehead atoms. The van der Waals surface area contributed by atoms with Crippen molar-refractivity contribution in [2.45, 2.75) is 6.92 Å². The SMILES string of the molecule is CCNC(=S)NN=CC=NNC(=S)NC. The summed E-state index contributed by atoms with van der Waals surface area (Å²) in [4.78, 5) is 0. The van der Waals surface area contributed by atoms with E-state index in [0.29, 0.717) is 10.2 Å². The van der Waals surface area contributed by atoms with E-state index in [9.17, 15) is 0 Å². The molecule has 0 saturated carbocycles. The van der Waals surface area contributed by atoms with Crippen LogP contribution in [0, 0.1) is 0 Å². The zero-order chi connectivity index (χ0) is 11.5. The van der Waals surface area contributed by atoms with Gasteiger partial charge in [0.25, 0.3) is 0 Å². The monoisotopic (exact) mass is 246 g/mol. The Bertz CT molecular complexity index is 262. The lowest BCUT2D eigenvalue weighted by molar-refractivity contribution is 0.905. The molecule has 0 aromatic rings. The number of hydrogen-bond acceptors (Lipinski definition) is 4. The molecule has 0 amide bonds. The summed E-state index contributed by atoms with van der Waals surface area (Å²) < 4.78 is 0. The third kappa shape index (κ3) is 9.03. The Hall–Kier alpha value is -1.28. The molecule has 0 saturated heterocycles. The minimum atomic E-state index is 0.441. The van der Waals surface area contributed by atoms with E-state index in [0.717, 1.165) is 6.54 Å². The van der Waals surface area contributed by atoms with Gasteiger partial charge < -0.3 is 10.6 Å². The quantitative estimate of drug-likeness (QED) is 0.305. The van der Waals surface area contributed by atoms with Gasteiger partial charge in [0.15, 0.2) is 10.2 Å². The van der Waals surface area contributed by atoms with Crippen LogP contribution in [0.4, 0.5) is 0 Å². The first-order valence-electron chi connectivity index (χ1n) is 4.27. The third-order valence-corrected chi connectivity index (χ3v) is 1.64. The maximum Gasteiger partial charge on any atom is 0.186 e. The zero-order valence-corrected chi connectivity index (χ0v) is 10.2. The molecular formula is C7H14N6S2. The maximum atomic E-state index is 4.86. The number of nitrogens with zero attached hydrogens (tertiary/aromatic N) is 2. The summed E-state index contributed by atoms with van der Waals surface area (Å²) in [5.41, 5.74) is 5.18. The Kier molecular flexibility index (Phi) is 8.49. The van der Waals surface area contributed by atoms with E-state index in [2.05, 4.69) is 31.7 Å². The maximum absolute atomic E-state index is 4.86. The largest absolute Gasteiger partial charge is 0.364 e. The summed E-state index contributed by atoms with van der Waals surface area (Å²) in [6.45, 7) is 2.70. The summed E-state index contributed by atoms with van der Waals surface area (Å²) in [6, 6.07) is 0. The second kappa shape index (κ2) is 9.28. The number of hydrogen-bond donors (Lipinski definition) is 4. The van der Waals surface area contributed by atoms with Gasteiger partial charge in [0.05, 0.1) is 12.4 Å². The van der Waals surface area contributed by atoms with Crippen molar-refractivity contribution in [1.29, 1.82) is 0 Å². The van der Waals surface area contributed by atoms with E-state index in [1.54, 1.807) is 7.05 Å². The van der Waals surface area contributed by atoms with Crippen LogP contribution >= 0.6 is 24.4 Å². The molecule has 4 N–H and O–H groups in total. The van der Waals surface area contributed by atoms with E-state index in [1.165, 1.54) is 12.4 Å². The molecule has 84 valence electrons. The van der Waals surface area contributed by atoms with Gasteiger partial charge in [-0.3, -0.25) is 10.9 Å². The average molecular weight is 246 g/mol. The van der Waals surface area contributed by atoms with E-state index >= 15 is 0 Å². The highest BCUT2D eigenvalue weighted by atomic mass is 32.1. The summed E-state index contributed by atoms with van der Waals surface area (Å²) in [5, 5.41) is 14.0. The summed E-state index contributed by atoms with van der Waals surface area (Å²) in [5.74, 6) is 0. The molecule has 6 nitrogen and oxygen atoms in total. The first-order valence-corrected chi connectivity index (χ1v) is 5.08. The molecular weight excluding hydrogens is 232 g/mol. The fraction of sp³-hybridized carbons (Fsp3) is 0.429. The predicted molar refractivity (Wildman–Crippen MR) is 71.2 cm³/mol. The highest BCUT2D eigenvalue weighted by Gasteiger charge is 1.85. The van der Waals surface area contributed by atoms with Crippen molar-refractivity contribution >= 4 is 47.1 Å². The normalized spacial score (nSPS) is 10.3. The van der Waals surface area contributed by atoms with Crippen molar-refractivity contribution in [3.63, 3.8) is 0 Å². The molecule has 0 aliphatic carbocycles. The van der Waals surface area contributed by atoms with E-state index in [4.69, 9.17) is 24.4 Å². The van der Waals surface area contributed by atoms with Crippen LogP contribution in [0.25, 0.3) is 0 Å². The molecule has 0 aliphatic rings. The van der Waals surface area contributed by atoms with Crippen LogP contribution in [-0.4, -0.2) is 36.2 Å². The number of hydrazone groups is 2. The standard InChI is InChI=1S/C7H14N6S2/c1-3-9-7(15)13-11-5-4-10-12-6(14)8-2/h4-5H,3H2,1-2H3,(H2,8,12,14)(H2,9,13,15). The van der Waals surface area contributed by atoms with Gasteiger partial charge in [-0.15, -0.1) is 0 Å². The van der Waals surface area contributed by atoms with Gasteiger partial charge in [-0.1, -0.05) is 0 Å². The Balaban J connectivity index is 3.61. The van der Waals surface area contributed by atoms with Gasteiger partial charge in [-0.05, 0) is 31.4 Å². The lowest BCUT2D eigenvalue weighted by atomic mass is 10.7. The molecule has 0 heterocycles. The van der Waals surface area contributed by atoms with Gasteiger partial charge in [-0.2, -0.15) is 10.2 Å². The first-order chi connectivity index (χ1) is 7.20. The van der Waals surface area contributed by atoms with E-state index < -0.39 is 0 Å². The molecule has 0 rings (SSSR count). The molecule has 8 heteroatoms. The van der Waals surface area contributed by atoms with Crippen molar-refractivity contribution in [2.24, 2.45) is 10.2 Å². The Labute approximate surface area is 99.6 Å². The topological polar surface area (TPSA) is 72.8 Å². The smallest absolute Gasteiger partial charge is 0.186 e. The van der Waals surface area contributed by atoms with Crippen molar-refractivity contribution in [2.75, 3.05) is 13.6 Å². The second-order valence-electron chi connectivity index (χ2n) is 2.22. The number of rotatable bonds is 4. The molecule has 0 atom stereocenters. The van der Waals surface area contributed by atoms with Gasteiger partial charge in [-0.25, -0.2) is 0 Å². The Morgan fingerprint density at radius 2 is 1.67 bits per heavy atom. The first kappa shape index (κ1) is 13.7. The Morgan fingerprint density at radius 3 is 2.13 bits per heavy atom. The lowest BCUT2D eigenvalue weighted by Crippen LogP contribution is -2.31. The van der Waals surface area contributed by atoms with Gasteiger partial charge in [0.2, 0.25) is 0 Å². The molecule has 0 fully saturated rings. The zero-order valence-electron chi connectivity index (χ0n) is 8.57.